The van der Waals surface area contributed by atoms with E-state index in [2.05, 4.69) is 104 Å². The molecule has 0 aliphatic heterocycles. The summed E-state index contributed by atoms with van der Waals surface area (Å²) in [6, 6.07) is 11.0. The third-order valence-electron chi connectivity index (χ3n) is 5.05. The van der Waals surface area contributed by atoms with Gasteiger partial charge in [0.05, 0.1) is 5.60 Å². The highest BCUT2D eigenvalue weighted by atomic mass is 127. The van der Waals surface area contributed by atoms with Crippen molar-refractivity contribution in [3.05, 3.63) is 45.4 Å². The first-order valence-electron chi connectivity index (χ1n) is 8.52. The van der Waals surface area contributed by atoms with Crippen LogP contribution in [-0.4, -0.2) is 13.9 Å². The zero-order valence-corrected chi connectivity index (χ0v) is 19.6. The number of thiophene rings is 1. The molecule has 1 aromatic heterocycles. The number of rotatable bonds is 6. The van der Waals surface area contributed by atoms with Gasteiger partial charge in [-0.1, -0.05) is 61.6 Å². The van der Waals surface area contributed by atoms with E-state index in [0.29, 0.717) is 0 Å². The molecule has 1 aromatic carbocycles. The minimum Gasteiger partial charge on any atom is -0.408 e. The summed E-state index contributed by atoms with van der Waals surface area (Å²) in [5, 5.41) is 1.58. The fourth-order valence-electron chi connectivity index (χ4n) is 2.57. The van der Waals surface area contributed by atoms with Gasteiger partial charge >= 0.3 is 0 Å². The molecule has 1 heterocycles. The lowest BCUT2D eigenvalue weighted by Crippen LogP contribution is -2.48. The molecule has 4 heteroatoms. The fourth-order valence-corrected chi connectivity index (χ4v) is 6.04. The molecular weight excluding hydrogens is 443 g/mol. The lowest BCUT2D eigenvalue weighted by molar-refractivity contribution is 0.113. The van der Waals surface area contributed by atoms with Crippen molar-refractivity contribution in [1.82, 2.24) is 0 Å². The molecule has 24 heavy (non-hydrogen) atoms. The summed E-state index contributed by atoms with van der Waals surface area (Å²) >= 11 is 4.22. The molecule has 0 aliphatic carbocycles. The fraction of sp³-hybridized carbons (Fsp3) is 0.500. The Labute approximate surface area is 165 Å². The molecule has 132 valence electrons. The highest BCUT2D eigenvalue weighted by molar-refractivity contribution is 14.1. The standard InChI is InChI=1S/C20H29IOSSi/c1-19(2,3)24(5,6)22-20(4,13-14-21)12-11-17-15-16-9-7-8-10-18(16)23-17/h7-10,13-15H,11-12H2,1-6H3. The molecule has 0 saturated carbocycles. The van der Waals surface area contributed by atoms with Crippen molar-refractivity contribution in [3.8, 4) is 0 Å². The van der Waals surface area contributed by atoms with Gasteiger partial charge in [0.15, 0.2) is 8.32 Å². The number of benzene rings is 1. The van der Waals surface area contributed by atoms with Crippen LogP contribution in [0.4, 0.5) is 0 Å². The Balaban J connectivity index is 2.15. The van der Waals surface area contributed by atoms with E-state index >= 15 is 0 Å². The maximum absolute atomic E-state index is 6.78. The molecule has 0 aliphatic rings. The molecule has 1 nitrogen and oxygen atoms in total. The quantitative estimate of drug-likeness (QED) is 0.311. The number of hydrogen-bond donors (Lipinski definition) is 0. The predicted molar refractivity (Wildman–Crippen MR) is 120 cm³/mol. The van der Waals surface area contributed by atoms with E-state index in [0.717, 1.165) is 12.8 Å². The largest absolute Gasteiger partial charge is 0.408 e. The molecule has 0 fully saturated rings. The van der Waals surface area contributed by atoms with Crippen molar-refractivity contribution in [2.24, 2.45) is 0 Å². The molecular formula is C20H29IOSSi. The van der Waals surface area contributed by atoms with Crippen molar-refractivity contribution >= 4 is 52.3 Å². The van der Waals surface area contributed by atoms with Crippen molar-refractivity contribution in [2.45, 2.75) is 64.3 Å². The molecule has 0 bridgehead atoms. The van der Waals surface area contributed by atoms with Crippen LogP contribution in [0, 0.1) is 0 Å². The first-order valence-corrected chi connectivity index (χ1v) is 13.5. The number of hydrogen-bond acceptors (Lipinski definition) is 2. The van der Waals surface area contributed by atoms with E-state index in [-0.39, 0.29) is 10.6 Å². The first kappa shape index (κ1) is 20.1. The number of fused-ring (bicyclic) bond motifs is 1. The summed E-state index contributed by atoms with van der Waals surface area (Å²) in [5.74, 6) is 0. The van der Waals surface area contributed by atoms with E-state index in [9.17, 15) is 0 Å². The zero-order chi connectivity index (χ0) is 18.0. The van der Waals surface area contributed by atoms with Crippen LogP contribution in [-0.2, 0) is 10.8 Å². The van der Waals surface area contributed by atoms with Gasteiger partial charge in [0.1, 0.15) is 0 Å². The Morgan fingerprint density at radius 2 is 1.83 bits per heavy atom. The van der Waals surface area contributed by atoms with Crippen molar-refractivity contribution in [1.29, 1.82) is 0 Å². The second-order valence-corrected chi connectivity index (χ2v) is 14.8. The van der Waals surface area contributed by atoms with Crippen molar-refractivity contribution < 1.29 is 4.43 Å². The normalized spacial score (nSPS) is 16.0. The first-order chi connectivity index (χ1) is 11.1. The van der Waals surface area contributed by atoms with Gasteiger partial charge in [0.25, 0.3) is 0 Å². The van der Waals surface area contributed by atoms with E-state index in [4.69, 9.17) is 4.43 Å². The number of aryl methyl sites for hydroxylation is 1. The van der Waals surface area contributed by atoms with E-state index < -0.39 is 8.32 Å². The van der Waals surface area contributed by atoms with Crippen LogP contribution >= 0.6 is 33.9 Å². The van der Waals surface area contributed by atoms with Crippen molar-refractivity contribution in [3.63, 3.8) is 0 Å². The molecule has 0 amide bonds. The summed E-state index contributed by atoms with van der Waals surface area (Å²) in [7, 11) is -1.80. The molecule has 0 spiro atoms. The van der Waals surface area contributed by atoms with Crippen molar-refractivity contribution in [2.75, 3.05) is 0 Å². The maximum Gasteiger partial charge on any atom is 0.193 e. The number of halogens is 1. The predicted octanol–water partition coefficient (Wildman–Crippen LogP) is 7.56. The molecule has 0 N–H and O–H groups in total. The van der Waals surface area contributed by atoms with Gasteiger partial charge in [0.2, 0.25) is 0 Å². The maximum atomic E-state index is 6.78. The lowest BCUT2D eigenvalue weighted by atomic mass is 10.00. The van der Waals surface area contributed by atoms with Gasteiger partial charge in [-0.15, -0.1) is 11.3 Å². The molecule has 0 radical (unpaired) electrons. The Bertz CT molecular complexity index is 681. The SMILES string of the molecule is CC(C=CI)(CCc1cc2ccccc2s1)O[Si](C)(C)C(C)(C)C. The topological polar surface area (TPSA) is 9.23 Å². The van der Waals surface area contributed by atoms with Gasteiger partial charge in [-0.3, -0.25) is 0 Å². The van der Waals surface area contributed by atoms with Gasteiger partial charge in [-0.2, -0.15) is 0 Å². The second kappa shape index (κ2) is 7.60. The van der Waals surface area contributed by atoms with E-state index in [1.807, 2.05) is 11.3 Å². The average molecular weight is 473 g/mol. The average Bonchev–Trinajstić information content (AvgIpc) is 2.86. The Kier molecular flexibility index (Phi) is 6.38. The van der Waals surface area contributed by atoms with Crippen LogP contribution in [0.3, 0.4) is 0 Å². The molecule has 1 atom stereocenters. The van der Waals surface area contributed by atoms with Gasteiger partial charge in [-0.25, -0.2) is 0 Å². The van der Waals surface area contributed by atoms with Crippen LogP contribution in [0.2, 0.25) is 18.1 Å². The molecule has 2 rings (SSSR count). The summed E-state index contributed by atoms with van der Waals surface area (Å²) in [6.45, 7) is 13.8. The van der Waals surface area contributed by atoms with Gasteiger partial charge in [0, 0.05) is 9.58 Å². The van der Waals surface area contributed by atoms with Crippen LogP contribution in [0.25, 0.3) is 10.1 Å². The van der Waals surface area contributed by atoms with Gasteiger partial charge < -0.3 is 4.43 Å². The smallest absolute Gasteiger partial charge is 0.193 e. The monoisotopic (exact) mass is 472 g/mol. The third-order valence-corrected chi connectivity index (χ3v) is 11.2. The third kappa shape index (κ3) is 4.93. The zero-order valence-electron chi connectivity index (χ0n) is 15.7. The second-order valence-electron chi connectivity index (χ2n) is 8.22. The minimum atomic E-state index is -1.80. The lowest BCUT2D eigenvalue weighted by Gasteiger charge is -2.43. The summed E-state index contributed by atoms with van der Waals surface area (Å²) in [5.41, 5.74) is -0.194. The van der Waals surface area contributed by atoms with Gasteiger partial charge in [-0.05, 0) is 65.6 Å². The summed E-state index contributed by atoms with van der Waals surface area (Å²) in [6.07, 6.45) is 4.32. The van der Waals surface area contributed by atoms with Crippen LogP contribution in [0.15, 0.2) is 40.5 Å². The van der Waals surface area contributed by atoms with Crippen LogP contribution in [0.1, 0.15) is 39.0 Å². The molecule has 1 unspecified atom stereocenters. The Morgan fingerprint density at radius 1 is 1.17 bits per heavy atom. The van der Waals surface area contributed by atoms with Crippen LogP contribution < -0.4 is 0 Å². The molecule has 2 aromatic rings. The minimum absolute atomic E-state index is 0.194. The van der Waals surface area contributed by atoms with Crippen LogP contribution in [0.5, 0.6) is 0 Å². The van der Waals surface area contributed by atoms with E-state index in [1.54, 1.807) is 0 Å². The summed E-state index contributed by atoms with van der Waals surface area (Å²) in [4.78, 5) is 1.45. The Morgan fingerprint density at radius 3 is 2.42 bits per heavy atom. The summed E-state index contributed by atoms with van der Waals surface area (Å²) < 4.78 is 10.3. The molecule has 0 saturated heterocycles. The highest BCUT2D eigenvalue weighted by Gasteiger charge is 2.42. The van der Waals surface area contributed by atoms with E-state index in [1.165, 1.54) is 15.0 Å². The highest BCUT2D eigenvalue weighted by Crippen LogP contribution is 2.41. The Hall–Kier alpha value is -0.173.